The molecule has 3 N–H and O–H groups in total. The third-order valence-corrected chi connectivity index (χ3v) is 4.81. The van der Waals surface area contributed by atoms with Crippen molar-refractivity contribution in [2.24, 2.45) is 5.73 Å². The van der Waals surface area contributed by atoms with Crippen LogP contribution in [0.4, 0.5) is 4.39 Å². The van der Waals surface area contributed by atoms with E-state index in [1.54, 1.807) is 13.8 Å². The maximum Gasteiger partial charge on any atom is 0.243 e. The molecule has 0 bridgehead atoms. The van der Waals surface area contributed by atoms with Crippen molar-refractivity contribution in [2.75, 3.05) is 6.54 Å². The van der Waals surface area contributed by atoms with Crippen molar-refractivity contribution >= 4 is 15.9 Å². The van der Waals surface area contributed by atoms with E-state index < -0.39 is 15.8 Å². The minimum Gasteiger partial charge on any atom is -0.387 e. The first kappa shape index (κ1) is 15.6. The summed E-state index contributed by atoms with van der Waals surface area (Å²) in [5.41, 5.74) is 5.61. The smallest absolute Gasteiger partial charge is 0.243 e. The Morgan fingerprint density at radius 3 is 2.47 bits per heavy atom. The molecule has 0 aliphatic rings. The molecule has 0 unspecified atom stereocenters. The molecule has 0 heterocycles. The van der Waals surface area contributed by atoms with E-state index in [2.05, 4.69) is 0 Å². The SMILES string of the molecule is Cc1cc(F)ccc1S(=O)(=O)N(CC(=N)N)C(C)C. The zero-order valence-electron chi connectivity index (χ0n) is 11.1. The number of hydrogen-bond donors (Lipinski definition) is 2. The quantitative estimate of drug-likeness (QED) is 0.635. The zero-order chi connectivity index (χ0) is 14.8. The molecule has 0 fully saturated rings. The number of halogens is 1. The molecule has 0 saturated carbocycles. The lowest BCUT2D eigenvalue weighted by Crippen LogP contribution is -2.42. The summed E-state index contributed by atoms with van der Waals surface area (Å²) < 4.78 is 39.1. The van der Waals surface area contributed by atoms with Crippen LogP contribution in [-0.2, 0) is 10.0 Å². The Bertz CT molecular complexity index is 585. The molecule has 106 valence electrons. The summed E-state index contributed by atoms with van der Waals surface area (Å²) in [7, 11) is -3.80. The van der Waals surface area contributed by atoms with Crippen molar-refractivity contribution in [1.29, 1.82) is 5.41 Å². The fraction of sp³-hybridized carbons (Fsp3) is 0.417. The largest absolute Gasteiger partial charge is 0.387 e. The summed E-state index contributed by atoms with van der Waals surface area (Å²) in [4.78, 5) is 0.0313. The van der Waals surface area contributed by atoms with Gasteiger partial charge in [0, 0.05) is 6.04 Å². The van der Waals surface area contributed by atoms with Crippen LogP contribution in [0.15, 0.2) is 23.1 Å². The molecule has 0 aliphatic carbocycles. The highest BCUT2D eigenvalue weighted by Crippen LogP contribution is 2.22. The molecule has 1 aromatic rings. The van der Waals surface area contributed by atoms with Gasteiger partial charge in [-0.15, -0.1) is 0 Å². The molecule has 0 aliphatic heterocycles. The molecule has 0 radical (unpaired) electrons. The van der Waals surface area contributed by atoms with E-state index in [-0.39, 0.29) is 23.3 Å². The lowest BCUT2D eigenvalue weighted by atomic mass is 10.2. The Kier molecular flexibility index (Phi) is 4.65. The number of nitrogens with two attached hydrogens (primary N) is 1. The second kappa shape index (κ2) is 5.66. The van der Waals surface area contributed by atoms with Gasteiger partial charge in [0.1, 0.15) is 11.7 Å². The Morgan fingerprint density at radius 2 is 2.05 bits per heavy atom. The summed E-state index contributed by atoms with van der Waals surface area (Å²) >= 11 is 0. The Balaban J connectivity index is 3.30. The molecule has 0 atom stereocenters. The summed E-state index contributed by atoms with van der Waals surface area (Å²) in [6.45, 7) is 4.73. The predicted octanol–water partition coefficient (Wildman–Crippen LogP) is 1.47. The van der Waals surface area contributed by atoms with Gasteiger partial charge in [0.25, 0.3) is 0 Å². The number of sulfonamides is 1. The van der Waals surface area contributed by atoms with E-state index in [0.29, 0.717) is 5.56 Å². The average molecular weight is 287 g/mol. The maximum absolute atomic E-state index is 13.0. The first-order valence-electron chi connectivity index (χ1n) is 5.77. The minimum atomic E-state index is -3.80. The molecule has 19 heavy (non-hydrogen) atoms. The van der Waals surface area contributed by atoms with Crippen LogP contribution < -0.4 is 5.73 Å². The number of benzene rings is 1. The van der Waals surface area contributed by atoms with Gasteiger partial charge in [-0.2, -0.15) is 4.31 Å². The Morgan fingerprint density at radius 1 is 1.47 bits per heavy atom. The van der Waals surface area contributed by atoms with Crippen molar-refractivity contribution in [3.8, 4) is 0 Å². The third kappa shape index (κ3) is 3.51. The Hall–Kier alpha value is -1.47. The van der Waals surface area contributed by atoms with E-state index >= 15 is 0 Å². The minimum absolute atomic E-state index is 0.0313. The highest BCUT2D eigenvalue weighted by Gasteiger charge is 2.28. The van der Waals surface area contributed by atoms with Gasteiger partial charge in [0.15, 0.2) is 0 Å². The summed E-state index contributed by atoms with van der Waals surface area (Å²) in [6, 6.07) is 3.15. The highest BCUT2D eigenvalue weighted by atomic mass is 32.2. The summed E-state index contributed by atoms with van der Waals surface area (Å²) in [6.07, 6.45) is 0. The summed E-state index contributed by atoms with van der Waals surface area (Å²) in [5, 5.41) is 7.26. The zero-order valence-corrected chi connectivity index (χ0v) is 12.0. The van der Waals surface area contributed by atoms with Crippen LogP contribution in [0, 0.1) is 18.2 Å². The number of amidine groups is 1. The molecule has 7 heteroatoms. The van der Waals surface area contributed by atoms with Gasteiger partial charge in [0.05, 0.1) is 11.4 Å². The number of nitrogens with one attached hydrogen (secondary N) is 1. The molecular formula is C12H18FN3O2S. The number of rotatable bonds is 5. The van der Waals surface area contributed by atoms with Crippen LogP contribution in [-0.4, -0.2) is 31.1 Å². The fourth-order valence-corrected chi connectivity index (χ4v) is 3.56. The molecule has 1 rings (SSSR count). The van der Waals surface area contributed by atoms with Crippen molar-refractivity contribution < 1.29 is 12.8 Å². The fourth-order valence-electron chi connectivity index (χ4n) is 1.74. The van der Waals surface area contributed by atoms with E-state index in [9.17, 15) is 12.8 Å². The normalized spacial score (nSPS) is 12.1. The van der Waals surface area contributed by atoms with Crippen molar-refractivity contribution in [1.82, 2.24) is 4.31 Å². The molecule has 0 aromatic heterocycles. The first-order valence-corrected chi connectivity index (χ1v) is 7.21. The Labute approximate surface area is 112 Å². The van der Waals surface area contributed by atoms with Crippen molar-refractivity contribution in [2.45, 2.75) is 31.7 Å². The van der Waals surface area contributed by atoms with Crippen LogP contribution in [0.1, 0.15) is 19.4 Å². The standard InChI is InChI=1S/C12H18FN3O2S/c1-8(2)16(7-12(14)15)19(17,18)11-5-4-10(13)6-9(11)3/h4-6,8H,7H2,1-3H3,(H3,14,15). The van der Waals surface area contributed by atoms with Crippen molar-refractivity contribution in [3.05, 3.63) is 29.6 Å². The van der Waals surface area contributed by atoms with Gasteiger partial charge in [-0.1, -0.05) is 0 Å². The van der Waals surface area contributed by atoms with Gasteiger partial charge in [0.2, 0.25) is 10.0 Å². The van der Waals surface area contributed by atoms with Gasteiger partial charge < -0.3 is 5.73 Å². The monoisotopic (exact) mass is 287 g/mol. The van der Waals surface area contributed by atoms with Crippen LogP contribution in [0.2, 0.25) is 0 Å². The molecule has 0 spiro atoms. The average Bonchev–Trinajstić information content (AvgIpc) is 2.24. The second-order valence-corrected chi connectivity index (χ2v) is 6.44. The van der Waals surface area contributed by atoms with Gasteiger partial charge >= 0.3 is 0 Å². The number of hydrogen-bond acceptors (Lipinski definition) is 3. The van der Waals surface area contributed by atoms with Crippen LogP contribution in [0.3, 0.4) is 0 Å². The predicted molar refractivity (Wildman–Crippen MR) is 72.1 cm³/mol. The van der Waals surface area contributed by atoms with E-state index in [1.165, 1.54) is 19.1 Å². The van der Waals surface area contributed by atoms with E-state index in [0.717, 1.165) is 10.4 Å². The molecule has 0 saturated heterocycles. The molecular weight excluding hydrogens is 269 g/mol. The van der Waals surface area contributed by atoms with Crippen LogP contribution >= 0.6 is 0 Å². The van der Waals surface area contributed by atoms with Crippen molar-refractivity contribution in [3.63, 3.8) is 0 Å². The summed E-state index contributed by atoms with van der Waals surface area (Å²) in [5.74, 6) is -0.726. The number of nitrogens with zero attached hydrogens (tertiary/aromatic N) is 1. The molecule has 5 nitrogen and oxygen atoms in total. The van der Waals surface area contributed by atoms with Crippen LogP contribution in [0.25, 0.3) is 0 Å². The van der Waals surface area contributed by atoms with E-state index in [4.69, 9.17) is 11.1 Å². The lowest BCUT2D eigenvalue weighted by Gasteiger charge is -2.26. The second-order valence-electron chi connectivity index (χ2n) is 4.58. The lowest BCUT2D eigenvalue weighted by molar-refractivity contribution is 0.389. The third-order valence-electron chi connectivity index (χ3n) is 2.63. The number of aryl methyl sites for hydroxylation is 1. The van der Waals surface area contributed by atoms with E-state index in [1.807, 2.05) is 0 Å². The topological polar surface area (TPSA) is 87.2 Å². The van der Waals surface area contributed by atoms with Gasteiger partial charge in [-0.25, -0.2) is 12.8 Å². The van der Waals surface area contributed by atoms with Gasteiger partial charge in [-0.3, -0.25) is 5.41 Å². The molecule has 1 aromatic carbocycles. The van der Waals surface area contributed by atoms with Gasteiger partial charge in [-0.05, 0) is 44.5 Å². The highest BCUT2D eigenvalue weighted by molar-refractivity contribution is 7.89. The molecule has 0 amide bonds. The maximum atomic E-state index is 13.0. The first-order chi connectivity index (χ1) is 8.66. The van der Waals surface area contributed by atoms with Crippen LogP contribution in [0.5, 0.6) is 0 Å².